The van der Waals surface area contributed by atoms with Crippen molar-refractivity contribution in [1.29, 1.82) is 0 Å². The van der Waals surface area contributed by atoms with Gasteiger partial charge in [0.15, 0.2) is 0 Å². The van der Waals surface area contributed by atoms with Gasteiger partial charge in [-0.2, -0.15) is 5.10 Å². The Morgan fingerprint density at radius 3 is 3.20 bits per heavy atom. The molecule has 3 atom stereocenters. The number of rotatable bonds is 6. The summed E-state index contributed by atoms with van der Waals surface area (Å²) in [5.74, 6) is 0.688. The molecule has 112 valence electrons. The molecule has 0 amide bonds. The Morgan fingerprint density at radius 1 is 1.55 bits per heavy atom. The summed E-state index contributed by atoms with van der Waals surface area (Å²) >= 11 is 0. The van der Waals surface area contributed by atoms with Crippen LogP contribution in [0, 0.1) is 11.3 Å². The molecule has 5 nitrogen and oxygen atoms in total. The van der Waals surface area contributed by atoms with Gasteiger partial charge in [-0.15, -0.1) is 0 Å². The van der Waals surface area contributed by atoms with Crippen molar-refractivity contribution >= 4 is 0 Å². The predicted molar refractivity (Wildman–Crippen MR) is 76.4 cm³/mol. The van der Waals surface area contributed by atoms with E-state index in [2.05, 4.69) is 30.5 Å². The average molecular weight is 279 g/mol. The maximum atomic E-state index is 5.83. The first-order chi connectivity index (χ1) is 9.63. The number of hydrogen-bond acceptors (Lipinski definition) is 4. The number of fused-ring (bicyclic) bond motifs is 1. The molecular formula is C15H25N3O2. The zero-order valence-corrected chi connectivity index (χ0v) is 12.6. The number of aromatic nitrogens is 2. The molecule has 1 N–H and O–H groups in total. The lowest BCUT2D eigenvalue weighted by atomic mass is 9.57. The molecule has 2 heterocycles. The van der Waals surface area contributed by atoms with E-state index >= 15 is 0 Å². The highest BCUT2D eigenvalue weighted by Crippen LogP contribution is 2.52. The highest BCUT2D eigenvalue weighted by atomic mass is 16.5. The fourth-order valence-electron chi connectivity index (χ4n) is 3.77. The van der Waals surface area contributed by atoms with Gasteiger partial charge in [-0.3, -0.25) is 4.68 Å². The van der Waals surface area contributed by atoms with E-state index in [1.54, 1.807) is 7.11 Å². The summed E-state index contributed by atoms with van der Waals surface area (Å²) in [6, 6.07) is 0.553. The number of hydrogen-bond donors (Lipinski definition) is 1. The van der Waals surface area contributed by atoms with Crippen molar-refractivity contribution < 1.29 is 9.47 Å². The van der Waals surface area contributed by atoms with Crippen molar-refractivity contribution in [2.75, 3.05) is 20.3 Å². The summed E-state index contributed by atoms with van der Waals surface area (Å²) in [6.45, 7) is 7.92. The molecule has 0 radical (unpaired) electrons. The van der Waals surface area contributed by atoms with Crippen LogP contribution < -0.4 is 5.32 Å². The summed E-state index contributed by atoms with van der Waals surface area (Å²) in [5.41, 5.74) is 1.48. The fourth-order valence-corrected chi connectivity index (χ4v) is 3.77. The van der Waals surface area contributed by atoms with Crippen molar-refractivity contribution in [2.24, 2.45) is 11.3 Å². The first kappa shape index (κ1) is 14.0. The van der Waals surface area contributed by atoms with Crippen molar-refractivity contribution in [3.8, 4) is 0 Å². The van der Waals surface area contributed by atoms with Gasteiger partial charge < -0.3 is 14.8 Å². The highest BCUT2D eigenvalue weighted by molar-refractivity contribution is 5.13. The minimum Gasteiger partial charge on any atom is -0.383 e. The summed E-state index contributed by atoms with van der Waals surface area (Å²) in [5, 5.41) is 8.05. The van der Waals surface area contributed by atoms with Gasteiger partial charge in [0.2, 0.25) is 0 Å². The van der Waals surface area contributed by atoms with E-state index in [-0.39, 0.29) is 5.41 Å². The van der Waals surface area contributed by atoms with Crippen LogP contribution in [0.1, 0.15) is 25.8 Å². The lowest BCUT2D eigenvalue weighted by Gasteiger charge is -2.55. The standard InChI is InChI=1S/C15H25N3O2/c1-15(2)13(12-4-6-20-14(12)15)16-8-11-9-17-18(10-11)5-7-19-3/h9-10,12-14,16H,4-8H2,1-3H3/t12-,13?,14-/m0/s1. The third kappa shape index (κ3) is 2.38. The van der Waals surface area contributed by atoms with E-state index in [4.69, 9.17) is 9.47 Å². The van der Waals surface area contributed by atoms with Gasteiger partial charge >= 0.3 is 0 Å². The van der Waals surface area contributed by atoms with Crippen LogP contribution in [0.5, 0.6) is 0 Å². The lowest BCUT2D eigenvalue weighted by molar-refractivity contribution is -0.113. The molecule has 0 aromatic carbocycles. The molecule has 2 aliphatic rings. The smallest absolute Gasteiger partial charge is 0.0685 e. The van der Waals surface area contributed by atoms with Gasteiger partial charge in [-0.05, 0) is 6.42 Å². The van der Waals surface area contributed by atoms with Gasteiger partial charge in [-0.1, -0.05) is 13.8 Å². The second-order valence-corrected chi connectivity index (χ2v) is 6.53. The van der Waals surface area contributed by atoms with Crippen LogP contribution >= 0.6 is 0 Å². The van der Waals surface area contributed by atoms with Gasteiger partial charge in [0.25, 0.3) is 0 Å². The Kier molecular flexibility index (Phi) is 3.84. The van der Waals surface area contributed by atoms with Crippen LogP contribution in [0.3, 0.4) is 0 Å². The summed E-state index contributed by atoms with van der Waals surface area (Å²) in [6.07, 6.45) is 5.68. The molecule has 1 aliphatic carbocycles. The monoisotopic (exact) mass is 279 g/mol. The Balaban J connectivity index is 1.53. The predicted octanol–water partition coefficient (Wildman–Crippen LogP) is 1.43. The van der Waals surface area contributed by atoms with Crippen molar-refractivity contribution in [2.45, 2.75) is 45.5 Å². The fraction of sp³-hybridized carbons (Fsp3) is 0.800. The number of ether oxygens (including phenoxy) is 2. The van der Waals surface area contributed by atoms with Crippen molar-refractivity contribution in [3.05, 3.63) is 18.0 Å². The van der Waals surface area contributed by atoms with Gasteiger partial charge in [0, 0.05) is 49.4 Å². The molecule has 0 spiro atoms. The Bertz CT molecular complexity index is 458. The number of nitrogens with zero attached hydrogens (tertiary/aromatic N) is 2. The van der Waals surface area contributed by atoms with Crippen LogP contribution in [0.15, 0.2) is 12.4 Å². The summed E-state index contributed by atoms with van der Waals surface area (Å²) in [4.78, 5) is 0. The molecule has 1 saturated carbocycles. The normalized spacial score (nSPS) is 31.1. The van der Waals surface area contributed by atoms with E-state index in [0.717, 1.165) is 19.7 Å². The van der Waals surface area contributed by atoms with Crippen molar-refractivity contribution in [1.82, 2.24) is 15.1 Å². The second kappa shape index (κ2) is 5.47. The summed E-state index contributed by atoms with van der Waals surface area (Å²) in [7, 11) is 1.71. The molecule has 1 aliphatic heterocycles. The van der Waals surface area contributed by atoms with Gasteiger partial charge in [-0.25, -0.2) is 0 Å². The maximum absolute atomic E-state index is 5.83. The third-order valence-electron chi connectivity index (χ3n) is 4.84. The van der Waals surface area contributed by atoms with Crippen LogP contribution in [-0.4, -0.2) is 42.2 Å². The molecule has 20 heavy (non-hydrogen) atoms. The molecule has 1 unspecified atom stereocenters. The minimum absolute atomic E-state index is 0.243. The Morgan fingerprint density at radius 2 is 2.40 bits per heavy atom. The van der Waals surface area contributed by atoms with E-state index < -0.39 is 0 Å². The molecule has 0 bridgehead atoms. The molecule has 1 saturated heterocycles. The zero-order valence-electron chi connectivity index (χ0n) is 12.6. The summed E-state index contributed by atoms with van der Waals surface area (Å²) < 4.78 is 12.8. The topological polar surface area (TPSA) is 48.3 Å². The first-order valence-corrected chi connectivity index (χ1v) is 7.48. The Hall–Kier alpha value is -0.910. The van der Waals surface area contributed by atoms with E-state index in [1.165, 1.54) is 12.0 Å². The first-order valence-electron chi connectivity index (χ1n) is 7.48. The minimum atomic E-state index is 0.243. The van der Waals surface area contributed by atoms with Crippen LogP contribution in [0.25, 0.3) is 0 Å². The van der Waals surface area contributed by atoms with E-state index in [0.29, 0.717) is 24.7 Å². The van der Waals surface area contributed by atoms with Gasteiger partial charge in [0.1, 0.15) is 0 Å². The molecule has 1 aromatic rings. The second-order valence-electron chi connectivity index (χ2n) is 6.53. The lowest BCUT2D eigenvalue weighted by Crippen LogP contribution is -2.65. The van der Waals surface area contributed by atoms with Crippen LogP contribution in [0.4, 0.5) is 0 Å². The molecule has 3 rings (SSSR count). The molecule has 5 heteroatoms. The molecule has 2 fully saturated rings. The van der Waals surface area contributed by atoms with E-state index in [9.17, 15) is 0 Å². The third-order valence-corrected chi connectivity index (χ3v) is 4.84. The number of nitrogens with one attached hydrogen (secondary N) is 1. The van der Waals surface area contributed by atoms with Crippen molar-refractivity contribution in [3.63, 3.8) is 0 Å². The number of methoxy groups -OCH3 is 1. The SMILES string of the molecule is COCCn1cc(CNC2[C@@H]3CCO[C@@H]3C2(C)C)cn1. The van der Waals surface area contributed by atoms with E-state index in [1.807, 2.05) is 10.9 Å². The quantitative estimate of drug-likeness (QED) is 0.856. The maximum Gasteiger partial charge on any atom is 0.0685 e. The average Bonchev–Trinajstić information content (AvgIpc) is 3.04. The largest absolute Gasteiger partial charge is 0.383 e. The highest BCUT2D eigenvalue weighted by Gasteiger charge is 2.58. The Labute approximate surface area is 120 Å². The van der Waals surface area contributed by atoms with Gasteiger partial charge in [0.05, 0.1) is 25.5 Å². The molecule has 1 aromatic heterocycles. The molecular weight excluding hydrogens is 254 g/mol. The van der Waals surface area contributed by atoms with Crippen LogP contribution in [0.2, 0.25) is 0 Å². The zero-order chi connectivity index (χ0) is 14.2. The van der Waals surface area contributed by atoms with Crippen LogP contribution in [-0.2, 0) is 22.6 Å².